The van der Waals surface area contributed by atoms with Gasteiger partial charge in [-0.3, -0.25) is 14.7 Å². The van der Waals surface area contributed by atoms with Crippen LogP contribution in [0.5, 0.6) is 0 Å². The molecule has 1 heterocycles. The Morgan fingerprint density at radius 3 is 2.67 bits per heavy atom. The van der Waals surface area contributed by atoms with Crippen LogP contribution in [0.15, 0.2) is 42.5 Å². The molecule has 1 aliphatic rings. The van der Waals surface area contributed by atoms with Crippen molar-refractivity contribution in [1.82, 2.24) is 10.2 Å². The number of primary amides is 1. The molecule has 0 aliphatic heterocycles. The second kappa shape index (κ2) is 5.49. The number of aromatic nitrogens is 2. The fourth-order valence-electron chi connectivity index (χ4n) is 2.71. The zero-order chi connectivity index (χ0) is 16.7. The fourth-order valence-corrected chi connectivity index (χ4v) is 2.71. The second-order valence-corrected chi connectivity index (χ2v) is 6.04. The number of nitrogens with zero attached hydrogens (tertiary/aromatic N) is 1. The third-order valence-corrected chi connectivity index (χ3v) is 4.23. The van der Waals surface area contributed by atoms with E-state index >= 15 is 0 Å². The molecule has 1 saturated carbocycles. The summed E-state index contributed by atoms with van der Waals surface area (Å²) < 4.78 is 0. The van der Waals surface area contributed by atoms with Gasteiger partial charge in [0.15, 0.2) is 5.82 Å². The highest BCUT2D eigenvalue weighted by Crippen LogP contribution is 2.32. The van der Waals surface area contributed by atoms with E-state index in [0.717, 1.165) is 34.9 Å². The number of aromatic amines is 1. The lowest BCUT2D eigenvalue weighted by Gasteiger charge is -2.04. The van der Waals surface area contributed by atoms with Crippen molar-refractivity contribution < 1.29 is 9.59 Å². The van der Waals surface area contributed by atoms with Crippen LogP contribution >= 0.6 is 0 Å². The highest BCUT2D eigenvalue weighted by Gasteiger charge is 2.30. The molecule has 6 heteroatoms. The number of carbonyl (C=O) groups excluding carboxylic acids is 2. The third-order valence-electron chi connectivity index (χ3n) is 4.23. The number of H-pyrrole nitrogens is 1. The molecule has 0 unspecified atom stereocenters. The maximum absolute atomic E-state index is 11.9. The number of amides is 2. The SMILES string of the molecule is NC(=O)c1cccc(-c2ccc3c(NC(=O)C4CC4)n[nH]c3c2)c1. The minimum atomic E-state index is -0.454. The fraction of sp³-hybridized carbons (Fsp3) is 0.167. The van der Waals surface area contributed by atoms with E-state index in [2.05, 4.69) is 15.5 Å². The van der Waals surface area contributed by atoms with Crippen LogP contribution < -0.4 is 11.1 Å². The van der Waals surface area contributed by atoms with Crippen LogP contribution in [0.2, 0.25) is 0 Å². The molecular formula is C18H16N4O2. The summed E-state index contributed by atoms with van der Waals surface area (Å²) in [6.45, 7) is 0. The van der Waals surface area contributed by atoms with Crippen molar-refractivity contribution in [2.75, 3.05) is 5.32 Å². The van der Waals surface area contributed by atoms with E-state index in [0.29, 0.717) is 11.4 Å². The molecule has 0 spiro atoms. The topological polar surface area (TPSA) is 101 Å². The van der Waals surface area contributed by atoms with Gasteiger partial charge in [0, 0.05) is 16.9 Å². The average molecular weight is 320 g/mol. The lowest BCUT2D eigenvalue weighted by molar-refractivity contribution is -0.117. The Morgan fingerprint density at radius 2 is 1.92 bits per heavy atom. The Balaban J connectivity index is 1.67. The Kier molecular flexibility index (Phi) is 3.30. The number of hydrogen-bond acceptors (Lipinski definition) is 3. The Bertz CT molecular complexity index is 957. The largest absolute Gasteiger partial charge is 0.366 e. The number of benzene rings is 2. The Hall–Kier alpha value is -3.15. The van der Waals surface area contributed by atoms with Gasteiger partial charge in [0.05, 0.1) is 5.52 Å². The third kappa shape index (κ3) is 2.62. The number of nitrogens with one attached hydrogen (secondary N) is 2. The van der Waals surface area contributed by atoms with Crippen LogP contribution in [-0.2, 0) is 4.79 Å². The molecule has 6 nitrogen and oxygen atoms in total. The molecule has 2 aromatic carbocycles. The van der Waals surface area contributed by atoms with Crippen molar-refractivity contribution >= 4 is 28.5 Å². The molecule has 1 fully saturated rings. The quantitative estimate of drug-likeness (QED) is 0.689. The van der Waals surface area contributed by atoms with Gasteiger partial charge in [-0.2, -0.15) is 5.10 Å². The zero-order valence-electron chi connectivity index (χ0n) is 12.9. The summed E-state index contributed by atoms with van der Waals surface area (Å²) in [5.41, 5.74) is 8.46. The lowest BCUT2D eigenvalue weighted by Crippen LogP contribution is -2.13. The molecule has 0 bridgehead atoms. The molecule has 4 rings (SSSR count). The Labute approximate surface area is 138 Å². The van der Waals surface area contributed by atoms with Crippen molar-refractivity contribution in [3.63, 3.8) is 0 Å². The van der Waals surface area contributed by atoms with Crippen LogP contribution in [0.25, 0.3) is 22.0 Å². The van der Waals surface area contributed by atoms with Crippen molar-refractivity contribution in [3.8, 4) is 11.1 Å². The first-order chi connectivity index (χ1) is 11.6. The number of carbonyl (C=O) groups is 2. The van der Waals surface area contributed by atoms with E-state index in [1.807, 2.05) is 24.3 Å². The first-order valence-electron chi connectivity index (χ1n) is 7.81. The van der Waals surface area contributed by atoms with Crippen LogP contribution in [-0.4, -0.2) is 22.0 Å². The number of nitrogens with two attached hydrogens (primary N) is 1. The second-order valence-electron chi connectivity index (χ2n) is 6.04. The summed E-state index contributed by atoms with van der Waals surface area (Å²) in [7, 11) is 0. The molecule has 4 N–H and O–H groups in total. The molecule has 0 atom stereocenters. The van der Waals surface area contributed by atoms with Gasteiger partial charge in [0.25, 0.3) is 0 Å². The molecule has 1 aromatic heterocycles. The first kappa shape index (κ1) is 14.4. The summed E-state index contributed by atoms with van der Waals surface area (Å²) in [4.78, 5) is 23.2. The standard InChI is InChI=1S/C18H16N4O2/c19-16(23)13-3-1-2-11(8-13)12-6-7-14-15(9-12)21-22-17(14)20-18(24)10-4-5-10/h1-3,6-10H,4-5H2,(H2,19,23)(H2,20,21,22,24). The molecule has 24 heavy (non-hydrogen) atoms. The van der Waals surface area contributed by atoms with Crippen LogP contribution in [0, 0.1) is 5.92 Å². The van der Waals surface area contributed by atoms with Crippen molar-refractivity contribution in [1.29, 1.82) is 0 Å². The molecule has 0 radical (unpaired) electrons. The van der Waals surface area contributed by atoms with Gasteiger partial charge in [0.2, 0.25) is 11.8 Å². The van der Waals surface area contributed by atoms with E-state index in [4.69, 9.17) is 5.73 Å². The van der Waals surface area contributed by atoms with Gasteiger partial charge < -0.3 is 11.1 Å². The van der Waals surface area contributed by atoms with Crippen molar-refractivity contribution in [2.45, 2.75) is 12.8 Å². The van der Waals surface area contributed by atoms with E-state index in [9.17, 15) is 9.59 Å². The van der Waals surface area contributed by atoms with Gasteiger partial charge in [-0.15, -0.1) is 0 Å². The molecule has 0 saturated heterocycles. The maximum Gasteiger partial charge on any atom is 0.248 e. The van der Waals surface area contributed by atoms with Crippen molar-refractivity contribution in [3.05, 3.63) is 48.0 Å². The van der Waals surface area contributed by atoms with Gasteiger partial charge in [-0.25, -0.2) is 0 Å². The number of fused-ring (bicyclic) bond motifs is 1. The van der Waals surface area contributed by atoms with Crippen LogP contribution in [0.3, 0.4) is 0 Å². The van der Waals surface area contributed by atoms with E-state index in [-0.39, 0.29) is 11.8 Å². The van der Waals surface area contributed by atoms with Crippen molar-refractivity contribution in [2.24, 2.45) is 11.7 Å². The zero-order valence-corrected chi connectivity index (χ0v) is 12.9. The molecule has 2 amide bonds. The minimum absolute atomic E-state index is 0.0293. The monoisotopic (exact) mass is 320 g/mol. The lowest BCUT2D eigenvalue weighted by atomic mass is 10.0. The maximum atomic E-state index is 11.9. The number of anilines is 1. The summed E-state index contributed by atoms with van der Waals surface area (Å²) in [5, 5.41) is 10.9. The van der Waals surface area contributed by atoms with E-state index < -0.39 is 5.91 Å². The predicted octanol–water partition coefficient (Wildman–Crippen LogP) is 2.68. The minimum Gasteiger partial charge on any atom is -0.366 e. The van der Waals surface area contributed by atoms with Gasteiger partial charge >= 0.3 is 0 Å². The van der Waals surface area contributed by atoms with Crippen LogP contribution in [0.1, 0.15) is 23.2 Å². The first-order valence-corrected chi connectivity index (χ1v) is 7.81. The highest BCUT2D eigenvalue weighted by atomic mass is 16.2. The summed E-state index contributed by atoms with van der Waals surface area (Å²) in [6, 6.07) is 12.9. The van der Waals surface area contributed by atoms with Gasteiger partial charge in [-0.1, -0.05) is 18.2 Å². The van der Waals surface area contributed by atoms with E-state index in [1.54, 1.807) is 18.2 Å². The summed E-state index contributed by atoms with van der Waals surface area (Å²) >= 11 is 0. The van der Waals surface area contributed by atoms with Crippen LogP contribution in [0.4, 0.5) is 5.82 Å². The Morgan fingerprint density at radius 1 is 1.12 bits per heavy atom. The predicted molar refractivity (Wildman–Crippen MR) is 91.4 cm³/mol. The highest BCUT2D eigenvalue weighted by molar-refractivity contribution is 6.02. The molecular weight excluding hydrogens is 304 g/mol. The summed E-state index contributed by atoms with van der Waals surface area (Å²) in [6.07, 6.45) is 1.91. The van der Waals surface area contributed by atoms with E-state index in [1.165, 1.54) is 0 Å². The smallest absolute Gasteiger partial charge is 0.248 e. The normalized spacial score (nSPS) is 13.8. The molecule has 1 aliphatic carbocycles. The average Bonchev–Trinajstić information content (AvgIpc) is 3.37. The summed E-state index contributed by atoms with van der Waals surface area (Å²) in [5.74, 6) is 0.262. The molecule has 3 aromatic rings. The molecule has 120 valence electrons. The number of hydrogen-bond donors (Lipinski definition) is 3. The van der Waals surface area contributed by atoms with Gasteiger partial charge in [-0.05, 0) is 48.2 Å². The van der Waals surface area contributed by atoms with Gasteiger partial charge in [0.1, 0.15) is 0 Å². The number of rotatable bonds is 4.